The summed E-state index contributed by atoms with van der Waals surface area (Å²) in [7, 11) is 3.66. The quantitative estimate of drug-likeness (QED) is 0.742. The van der Waals surface area contributed by atoms with Gasteiger partial charge in [0.1, 0.15) is 0 Å². The Hall–Kier alpha value is -2.11. The second kappa shape index (κ2) is 3.23. The summed E-state index contributed by atoms with van der Waals surface area (Å²) < 4.78 is 1.54. The van der Waals surface area contributed by atoms with Crippen LogP contribution in [0.4, 0.5) is 5.95 Å². The Bertz CT molecular complexity index is 516. The summed E-state index contributed by atoms with van der Waals surface area (Å²) in [5.74, 6) is 0.0435. The fourth-order valence-corrected chi connectivity index (χ4v) is 1.28. The molecule has 15 heavy (non-hydrogen) atoms. The zero-order valence-corrected chi connectivity index (χ0v) is 8.51. The lowest BCUT2D eigenvalue weighted by atomic mass is 10.2. The van der Waals surface area contributed by atoms with Gasteiger partial charge in [0.25, 0.3) is 5.91 Å². The van der Waals surface area contributed by atoms with Crippen LogP contribution in [0.5, 0.6) is 0 Å². The molecule has 6 nitrogen and oxygen atoms in total. The summed E-state index contributed by atoms with van der Waals surface area (Å²) in [6.07, 6.45) is 1.72. The molecule has 1 amide bonds. The lowest BCUT2D eigenvalue weighted by Gasteiger charge is -2.03. The molecule has 0 aliphatic rings. The number of pyridine rings is 1. The van der Waals surface area contributed by atoms with Crippen molar-refractivity contribution in [3.05, 3.63) is 23.9 Å². The summed E-state index contributed by atoms with van der Waals surface area (Å²) in [6.45, 7) is 0. The fourth-order valence-electron chi connectivity index (χ4n) is 1.28. The molecule has 0 atom stereocenters. The van der Waals surface area contributed by atoms with Gasteiger partial charge in [0.05, 0.1) is 5.56 Å². The third kappa shape index (κ3) is 1.50. The van der Waals surface area contributed by atoms with Crippen molar-refractivity contribution in [3.63, 3.8) is 0 Å². The Morgan fingerprint density at radius 2 is 2.27 bits per heavy atom. The standard InChI is InChI=1S/C9H11N5O/c1-13(2)9-11-8-6(7(10)15)4-3-5-14(8)12-9/h3-5H,1-2H3,(H2,10,15). The van der Waals surface area contributed by atoms with Gasteiger partial charge in [-0.2, -0.15) is 4.98 Å². The van der Waals surface area contributed by atoms with Crippen LogP contribution in [0.15, 0.2) is 18.3 Å². The van der Waals surface area contributed by atoms with Crippen molar-refractivity contribution < 1.29 is 4.79 Å². The predicted molar refractivity (Wildman–Crippen MR) is 55.8 cm³/mol. The molecule has 2 aromatic heterocycles. The second-order valence-corrected chi connectivity index (χ2v) is 3.36. The van der Waals surface area contributed by atoms with Crippen molar-refractivity contribution in [2.75, 3.05) is 19.0 Å². The summed E-state index contributed by atoms with van der Waals surface area (Å²) in [5.41, 5.74) is 6.09. The van der Waals surface area contributed by atoms with E-state index in [0.29, 0.717) is 17.2 Å². The molecule has 2 heterocycles. The van der Waals surface area contributed by atoms with Crippen LogP contribution in [0.1, 0.15) is 10.4 Å². The van der Waals surface area contributed by atoms with E-state index in [1.165, 1.54) is 4.52 Å². The van der Waals surface area contributed by atoms with Gasteiger partial charge < -0.3 is 10.6 Å². The minimum Gasteiger partial charge on any atom is -0.365 e. The molecule has 0 aliphatic carbocycles. The highest BCUT2D eigenvalue weighted by Crippen LogP contribution is 2.11. The molecule has 0 saturated heterocycles. The van der Waals surface area contributed by atoms with Crippen molar-refractivity contribution in [1.82, 2.24) is 14.6 Å². The lowest BCUT2D eigenvalue weighted by Crippen LogP contribution is -2.12. The van der Waals surface area contributed by atoms with Crippen molar-refractivity contribution in [1.29, 1.82) is 0 Å². The van der Waals surface area contributed by atoms with E-state index in [9.17, 15) is 4.79 Å². The number of carbonyl (C=O) groups excluding carboxylic acids is 1. The molecule has 0 aliphatic heterocycles. The summed E-state index contributed by atoms with van der Waals surface area (Å²) >= 11 is 0. The van der Waals surface area contributed by atoms with Crippen LogP contribution >= 0.6 is 0 Å². The number of fused-ring (bicyclic) bond motifs is 1. The fraction of sp³-hybridized carbons (Fsp3) is 0.222. The highest BCUT2D eigenvalue weighted by molar-refractivity contribution is 5.98. The molecule has 2 rings (SSSR count). The minimum absolute atomic E-state index is 0.373. The highest BCUT2D eigenvalue weighted by Gasteiger charge is 2.11. The number of amides is 1. The van der Waals surface area contributed by atoms with Crippen LogP contribution in [-0.2, 0) is 0 Å². The van der Waals surface area contributed by atoms with Crippen molar-refractivity contribution in [2.45, 2.75) is 0 Å². The van der Waals surface area contributed by atoms with Crippen LogP contribution in [-0.4, -0.2) is 34.6 Å². The van der Waals surface area contributed by atoms with E-state index >= 15 is 0 Å². The van der Waals surface area contributed by atoms with Gasteiger partial charge in [-0.05, 0) is 12.1 Å². The van der Waals surface area contributed by atoms with Gasteiger partial charge in [-0.3, -0.25) is 4.79 Å². The zero-order chi connectivity index (χ0) is 11.0. The average Bonchev–Trinajstić information content (AvgIpc) is 2.60. The van der Waals surface area contributed by atoms with Crippen LogP contribution in [0.3, 0.4) is 0 Å². The molecular formula is C9H11N5O. The number of hydrogen-bond donors (Lipinski definition) is 1. The van der Waals surface area contributed by atoms with Crippen LogP contribution < -0.4 is 10.6 Å². The van der Waals surface area contributed by atoms with Gasteiger partial charge in [0.15, 0.2) is 5.65 Å². The molecule has 0 unspecified atom stereocenters. The monoisotopic (exact) mass is 205 g/mol. The zero-order valence-electron chi connectivity index (χ0n) is 8.51. The Morgan fingerprint density at radius 3 is 2.87 bits per heavy atom. The third-order valence-corrected chi connectivity index (χ3v) is 2.02. The summed E-state index contributed by atoms with van der Waals surface area (Å²) in [5, 5.41) is 4.18. The molecule has 2 N–H and O–H groups in total. The summed E-state index contributed by atoms with van der Waals surface area (Å²) in [4.78, 5) is 17.1. The SMILES string of the molecule is CN(C)c1nc2c(C(N)=O)cccn2n1. The molecule has 2 aromatic rings. The minimum atomic E-state index is -0.502. The highest BCUT2D eigenvalue weighted by atomic mass is 16.1. The Morgan fingerprint density at radius 1 is 1.53 bits per heavy atom. The maximum Gasteiger partial charge on any atom is 0.252 e. The third-order valence-electron chi connectivity index (χ3n) is 2.02. The van der Waals surface area contributed by atoms with Crippen molar-refractivity contribution >= 4 is 17.5 Å². The molecule has 0 spiro atoms. The second-order valence-electron chi connectivity index (χ2n) is 3.36. The summed E-state index contributed by atoms with van der Waals surface area (Å²) in [6, 6.07) is 3.34. The Kier molecular flexibility index (Phi) is 2.03. The molecule has 0 saturated carbocycles. The number of anilines is 1. The van der Waals surface area contributed by atoms with Crippen molar-refractivity contribution in [3.8, 4) is 0 Å². The molecule has 6 heteroatoms. The molecule has 0 aromatic carbocycles. The van der Waals surface area contributed by atoms with Gasteiger partial charge in [-0.1, -0.05) is 0 Å². The van der Waals surface area contributed by atoms with E-state index < -0.39 is 5.91 Å². The van der Waals surface area contributed by atoms with Gasteiger partial charge >= 0.3 is 0 Å². The van der Waals surface area contributed by atoms with Crippen LogP contribution in [0.2, 0.25) is 0 Å². The van der Waals surface area contributed by atoms with Crippen LogP contribution in [0.25, 0.3) is 5.65 Å². The first-order chi connectivity index (χ1) is 7.09. The number of rotatable bonds is 2. The lowest BCUT2D eigenvalue weighted by molar-refractivity contribution is 0.100. The smallest absolute Gasteiger partial charge is 0.252 e. The van der Waals surface area contributed by atoms with E-state index in [1.807, 2.05) is 14.1 Å². The number of aromatic nitrogens is 3. The normalized spacial score (nSPS) is 10.5. The van der Waals surface area contributed by atoms with E-state index in [0.717, 1.165) is 0 Å². The molecule has 78 valence electrons. The maximum atomic E-state index is 11.1. The predicted octanol–water partition coefficient (Wildman–Crippen LogP) is -0.106. The Labute approximate surface area is 86.3 Å². The van der Waals surface area contributed by atoms with E-state index in [-0.39, 0.29) is 0 Å². The largest absolute Gasteiger partial charge is 0.365 e. The number of primary amides is 1. The number of nitrogens with zero attached hydrogens (tertiary/aromatic N) is 4. The van der Waals surface area contributed by atoms with E-state index in [2.05, 4.69) is 10.1 Å². The van der Waals surface area contributed by atoms with Gasteiger partial charge in [0, 0.05) is 20.3 Å². The Balaban J connectivity index is 2.70. The van der Waals surface area contributed by atoms with E-state index in [4.69, 9.17) is 5.73 Å². The van der Waals surface area contributed by atoms with Crippen molar-refractivity contribution in [2.24, 2.45) is 5.73 Å². The number of carbonyl (C=O) groups is 1. The molecule has 0 bridgehead atoms. The molecule has 0 fully saturated rings. The number of nitrogens with two attached hydrogens (primary N) is 1. The van der Waals surface area contributed by atoms with Gasteiger partial charge in [-0.25, -0.2) is 4.52 Å². The first kappa shape index (κ1) is 9.45. The first-order valence-electron chi connectivity index (χ1n) is 4.42. The topological polar surface area (TPSA) is 76.5 Å². The van der Waals surface area contributed by atoms with Crippen LogP contribution in [0, 0.1) is 0 Å². The maximum absolute atomic E-state index is 11.1. The van der Waals surface area contributed by atoms with Gasteiger partial charge in [-0.15, -0.1) is 5.10 Å². The molecule has 0 radical (unpaired) electrons. The van der Waals surface area contributed by atoms with E-state index in [1.54, 1.807) is 23.2 Å². The average molecular weight is 205 g/mol. The molecular weight excluding hydrogens is 194 g/mol. The van der Waals surface area contributed by atoms with Gasteiger partial charge in [0.2, 0.25) is 5.95 Å². The first-order valence-corrected chi connectivity index (χ1v) is 4.42. The number of hydrogen-bond acceptors (Lipinski definition) is 4.